The van der Waals surface area contributed by atoms with Crippen molar-refractivity contribution in [3.05, 3.63) is 90.7 Å². The Balaban J connectivity index is 0.000000246. The van der Waals surface area contributed by atoms with E-state index in [0.29, 0.717) is 5.69 Å². The quantitative estimate of drug-likeness (QED) is 0.798. The molecule has 0 aromatic heterocycles. The van der Waals surface area contributed by atoms with E-state index < -0.39 is 5.72 Å². The highest BCUT2D eigenvalue weighted by atomic mass is 16.3. The van der Waals surface area contributed by atoms with E-state index in [4.69, 9.17) is 5.11 Å². The van der Waals surface area contributed by atoms with Gasteiger partial charge in [-0.25, -0.2) is 0 Å². The van der Waals surface area contributed by atoms with Crippen LogP contribution in [0.4, 0.5) is 5.69 Å². The van der Waals surface area contributed by atoms with Crippen LogP contribution in [0.25, 0.3) is 0 Å². The summed E-state index contributed by atoms with van der Waals surface area (Å²) in [5.74, 6) is 0.139. The first kappa shape index (κ1) is 15.7. The standard InChI is InChI=1S/C12H12N2O2.C6H6/c15-11-6-8-12(16,9-7-11)14-13-10-4-2-1-3-5-10;1-2-4-6-5-3-1/h1-8,15-16H,9H2;1-6H. The zero-order chi connectivity index (χ0) is 15.7. The van der Waals surface area contributed by atoms with Crippen molar-refractivity contribution in [2.75, 3.05) is 0 Å². The second-order valence-corrected chi connectivity index (χ2v) is 4.74. The normalized spacial score (nSPS) is 20.1. The van der Waals surface area contributed by atoms with Gasteiger partial charge in [0.1, 0.15) is 5.76 Å². The molecule has 1 aliphatic carbocycles. The molecule has 4 nitrogen and oxygen atoms in total. The van der Waals surface area contributed by atoms with Crippen LogP contribution in [0.5, 0.6) is 0 Å². The topological polar surface area (TPSA) is 65.2 Å². The highest BCUT2D eigenvalue weighted by Crippen LogP contribution is 2.23. The fourth-order valence-electron chi connectivity index (χ4n) is 1.71. The summed E-state index contributed by atoms with van der Waals surface area (Å²) >= 11 is 0. The van der Waals surface area contributed by atoms with Crippen molar-refractivity contribution in [3.8, 4) is 0 Å². The second-order valence-electron chi connectivity index (χ2n) is 4.74. The summed E-state index contributed by atoms with van der Waals surface area (Å²) in [6, 6.07) is 21.2. The maximum atomic E-state index is 9.95. The monoisotopic (exact) mass is 294 g/mol. The number of rotatable bonds is 2. The number of aliphatic hydroxyl groups is 2. The van der Waals surface area contributed by atoms with Crippen molar-refractivity contribution >= 4 is 5.69 Å². The van der Waals surface area contributed by atoms with Crippen molar-refractivity contribution in [2.45, 2.75) is 12.1 Å². The van der Waals surface area contributed by atoms with E-state index in [1.165, 1.54) is 18.2 Å². The lowest BCUT2D eigenvalue weighted by atomic mass is 10.1. The third kappa shape index (κ3) is 5.34. The third-order valence-electron chi connectivity index (χ3n) is 2.89. The van der Waals surface area contributed by atoms with Gasteiger partial charge in [0.25, 0.3) is 0 Å². The lowest BCUT2D eigenvalue weighted by Gasteiger charge is -2.18. The largest absolute Gasteiger partial charge is 0.508 e. The number of benzene rings is 2. The van der Waals surface area contributed by atoms with Crippen molar-refractivity contribution in [3.63, 3.8) is 0 Å². The minimum atomic E-state index is -1.35. The van der Waals surface area contributed by atoms with Crippen LogP contribution < -0.4 is 0 Å². The summed E-state index contributed by atoms with van der Waals surface area (Å²) in [6.45, 7) is 0. The lowest BCUT2D eigenvalue weighted by Crippen LogP contribution is -2.23. The molecule has 0 radical (unpaired) electrons. The highest BCUT2D eigenvalue weighted by Gasteiger charge is 2.24. The number of azo groups is 1. The third-order valence-corrected chi connectivity index (χ3v) is 2.89. The van der Waals surface area contributed by atoms with Gasteiger partial charge >= 0.3 is 0 Å². The molecule has 0 heterocycles. The summed E-state index contributed by atoms with van der Waals surface area (Å²) in [5.41, 5.74) is -0.662. The molecular weight excluding hydrogens is 276 g/mol. The molecule has 2 aromatic rings. The molecule has 2 aromatic carbocycles. The van der Waals surface area contributed by atoms with E-state index in [9.17, 15) is 5.11 Å². The van der Waals surface area contributed by atoms with Crippen LogP contribution in [0.1, 0.15) is 6.42 Å². The fraction of sp³-hybridized carbons (Fsp3) is 0.111. The van der Waals surface area contributed by atoms with E-state index in [0.717, 1.165) is 0 Å². The molecule has 0 spiro atoms. The molecule has 2 N–H and O–H groups in total. The molecule has 0 fully saturated rings. The average Bonchev–Trinajstić information content (AvgIpc) is 2.59. The van der Waals surface area contributed by atoms with E-state index >= 15 is 0 Å². The molecule has 0 saturated carbocycles. The average molecular weight is 294 g/mol. The molecule has 0 amide bonds. The SMILES string of the molecule is OC1=CCC(O)(N=Nc2ccccc2)C=C1.c1ccccc1. The minimum absolute atomic E-state index is 0.139. The molecule has 1 aliphatic rings. The van der Waals surface area contributed by atoms with Gasteiger partial charge in [0.05, 0.1) is 5.69 Å². The minimum Gasteiger partial charge on any atom is -0.508 e. The summed E-state index contributed by atoms with van der Waals surface area (Å²) in [6.07, 6.45) is 4.57. The predicted molar refractivity (Wildman–Crippen MR) is 86.8 cm³/mol. The van der Waals surface area contributed by atoms with Gasteiger partial charge in [-0.05, 0) is 30.4 Å². The molecule has 3 rings (SSSR count). The number of hydrogen-bond donors (Lipinski definition) is 2. The van der Waals surface area contributed by atoms with Gasteiger partial charge in [-0.2, -0.15) is 5.11 Å². The Labute approximate surface area is 129 Å². The Morgan fingerprint density at radius 3 is 1.91 bits per heavy atom. The van der Waals surface area contributed by atoms with Crippen LogP contribution in [-0.4, -0.2) is 15.9 Å². The Morgan fingerprint density at radius 2 is 1.41 bits per heavy atom. The van der Waals surface area contributed by atoms with Crippen LogP contribution >= 0.6 is 0 Å². The molecule has 4 heteroatoms. The maximum absolute atomic E-state index is 9.95. The Morgan fingerprint density at radius 1 is 0.864 bits per heavy atom. The van der Waals surface area contributed by atoms with Crippen molar-refractivity contribution in [2.24, 2.45) is 10.2 Å². The molecule has 112 valence electrons. The van der Waals surface area contributed by atoms with Gasteiger partial charge in [-0.15, -0.1) is 5.11 Å². The van der Waals surface area contributed by atoms with Crippen molar-refractivity contribution in [1.29, 1.82) is 0 Å². The van der Waals surface area contributed by atoms with Gasteiger partial charge in [0.15, 0.2) is 5.72 Å². The summed E-state index contributed by atoms with van der Waals surface area (Å²) in [5, 5.41) is 26.9. The molecule has 1 atom stereocenters. The van der Waals surface area contributed by atoms with Crippen molar-refractivity contribution < 1.29 is 10.2 Å². The first-order chi connectivity index (χ1) is 10.7. The van der Waals surface area contributed by atoms with Crippen LogP contribution in [0, 0.1) is 0 Å². The smallest absolute Gasteiger partial charge is 0.199 e. The number of hydrogen-bond acceptors (Lipinski definition) is 4. The van der Waals surface area contributed by atoms with E-state index in [2.05, 4.69) is 10.2 Å². The van der Waals surface area contributed by atoms with E-state index in [1.54, 1.807) is 12.1 Å². The summed E-state index contributed by atoms with van der Waals surface area (Å²) in [7, 11) is 0. The van der Waals surface area contributed by atoms with Gasteiger partial charge < -0.3 is 10.2 Å². The predicted octanol–water partition coefficient (Wildman–Crippen LogP) is 4.55. The Kier molecular flexibility index (Phi) is 5.63. The van der Waals surface area contributed by atoms with Crippen LogP contribution in [0.3, 0.4) is 0 Å². The number of aliphatic hydroxyl groups excluding tert-OH is 1. The van der Waals surface area contributed by atoms with Crippen molar-refractivity contribution in [1.82, 2.24) is 0 Å². The fourth-order valence-corrected chi connectivity index (χ4v) is 1.71. The van der Waals surface area contributed by atoms with E-state index in [1.807, 2.05) is 54.6 Å². The molecule has 22 heavy (non-hydrogen) atoms. The highest BCUT2D eigenvalue weighted by molar-refractivity contribution is 5.35. The van der Waals surface area contributed by atoms with Crippen LogP contribution in [-0.2, 0) is 0 Å². The number of allylic oxidation sites excluding steroid dienone is 1. The second kappa shape index (κ2) is 7.90. The van der Waals surface area contributed by atoms with E-state index in [-0.39, 0.29) is 12.2 Å². The molecule has 0 aliphatic heterocycles. The summed E-state index contributed by atoms with van der Waals surface area (Å²) < 4.78 is 0. The molecule has 0 bridgehead atoms. The van der Waals surface area contributed by atoms with Gasteiger partial charge in [0, 0.05) is 6.42 Å². The molecule has 0 saturated heterocycles. The summed E-state index contributed by atoms with van der Waals surface area (Å²) in [4.78, 5) is 0. The molecule has 1 unspecified atom stereocenters. The Bertz CT molecular complexity index is 625. The van der Waals surface area contributed by atoms with Crippen LogP contribution in [0.15, 0.2) is 101 Å². The van der Waals surface area contributed by atoms with Gasteiger partial charge in [-0.1, -0.05) is 54.6 Å². The first-order valence-corrected chi connectivity index (χ1v) is 6.97. The van der Waals surface area contributed by atoms with Crippen LogP contribution in [0.2, 0.25) is 0 Å². The zero-order valence-corrected chi connectivity index (χ0v) is 12.1. The lowest BCUT2D eigenvalue weighted by molar-refractivity contribution is 0.0933. The Hall–Kier alpha value is -2.72. The zero-order valence-electron chi connectivity index (χ0n) is 12.1. The number of nitrogens with zero attached hydrogens (tertiary/aromatic N) is 2. The maximum Gasteiger partial charge on any atom is 0.199 e. The first-order valence-electron chi connectivity index (χ1n) is 6.97. The van der Waals surface area contributed by atoms with Gasteiger partial charge in [-0.3, -0.25) is 0 Å². The molecular formula is C18H18N2O2. The van der Waals surface area contributed by atoms with Gasteiger partial charge in [0.2, 0.25) is 0 Å².